The van der Waals surface area contributed by atoms with Gasteiger partial charge in [0, 0.05) is 16.5 Å². The van der Waals surface area contributed by atoms with Crippen LogP contribution in [0.5, 0.6) is 0 Å². The summed E-state index contributed by atoms with van der Waals surface area (Å²) in [6, 6.07) is 25.3. The molecule has 1 heterocycles. The molecule has 1 aromatic heterocycles. The molecule has 0 N–H and O–H groups in total. The molecule has 0 unspecified atom stereocenters. The van der Waals surface area contributed by atoms with Gasteiger partial charge in [0.25, 0.3) is 0 Å². The van der Waals surface area contributed by atoms with Crippen LogP contribution in [0.15, 0.2) is 60.7 Å². The molecular weight excluding hydrogens is 326 g/mol. The zero-order valence-corrected chi connectivity index (χ0v) is 17.2. The molecular formula is C26H28N. The zero-order valence-electron chi connectivity index (χ0n) is 17.2. The Morgan fingerprint density at radius 3 is 1.48 bits per heavy atom. The molecule has 1 nitrogen and oxygen atoms in total. The Morgan fingerprint density at radius 2 is 1.07 bits per heavy atom. The van der Waals surface area contributed by atoms with Gasteiger partial charge in [-0.25, -0.2) is 0 Å². The van der Waals surface area contributed by atoms with Gasteiger partial charge in [-0.15, -0.1) is 0 Å². The third-order valence-electron chi connectivity index (χ3n) is 5.46. The maximum atomic E-state index is 3.14. The summed E-state index contributed by atoms with van der Waals surface area (Å²) in [6.45, 7) is 13.7. The first-order valence-corrected chi connectivity index (χ1v) is 9.72. The third kappa shape index (κ3) is 3.06. The fourth-order valence-electron chi connectivity index (χ4n) is 3.76. The van der Waals surface area contributed by atoms with Crippen molar-refractivity contribution < 1.29 is 0 Å². The molecule has 0 saturated heterocycles. The van der Waals surface area contributed by atoms with Crippen molar-refractivity contribution in [1.82, 2.24) is 4.57 Å². The number of benzene rings is 3. The summed E-state index contributed by atoms with van der Waals surface area (Å²) in [7, 11) is 0. The first kappa shape index (κ1) is 17.9. The Bertz CT molecular complexity index is 1050. The van der Waals surface area contributed by atoms with Gasteiger partial charge in [-0.05, 0) is 64.4 Å². The number of rotatable bonds is 1. The van der Waals surface area contributed by atoms with E-state index in [1.165, 1.54) is 38.6 Å². The van der Waals surface area contributed by atoms with Crippen LogP contribution in [0.2, 0.25) is 0 Å². The number of hydrogen-bond acceptors (Lipinski definition) is 0. The lowest BCUT2D eigenvalue weighted by atomic mass is 9.85. The molecule has 0 spiro atoms. The molecule has 0 aliphatic carbocycles. The van der Waals surface area contributed by atoms with Crippen LogP contribution in [0.3, 0.4) is 0 Å². The van der Waals surface area contributed by atoms with Crippen molar-refractivity contribution in [2.75, 3.05) is 0 Å². The van der Waals surface area contributed by atoms with Gasteiger partial charge in [0.2, 0.25) is 0 Å². The number of hydrogen-bond donors (Lipinski definition) is 0. The average molecular weight is 355 g/mol. The van der Waals surface area contributed by atoms with Crippen LogP contribution in [-0.2, 0) is 10.8 Å². The van der Waals surface area contributed by atoms with Gasteiger partial charge >= 0.3 is 0 Å². The summed E-state index contributed by atoms with van der Waals surface area (Å²) < 4.78 is 2.37. The van der Waals surface area contributed by atoms with Crippen LogP contribution in [0, 0.1) is 6.07 Å². The predicted octanol–water partition coefficient (Wildman–Crippen LogP) is 7.18. The highest BCUT2D eigenvalue weighted by atomic mass is 15.0. The minimum Gasteiger partial charge on any atom is -0.309 e. The Balaban J connectivity index is 2.13. The molecule has 0 amide bonds. The molecule has 137 valence electrons. The van der Waals surface area contributed by atoms with Crippen LogP contribution >= 0.6 is 0 Å². The Hall–Kier alpha value is -2.54. The molecule has 0 bridgehead atoms. The van der Waals surface area contributed by atoms with E-state index in [0.29, 0.717) is 0 Å². The lowest BCUT2D eigenvalue weighted by molar-refractivity contribution is 0.590. The predicted molar refractivity (Wildman–Crippen MR) is 117 cm³/mol. The van der Waals surface area contributed by atoms with Crippen molar-refractivity contribution in [2.45, 2.75) is 52.4 Å². The van der Waals surface area contributed by atoms with Crippen LogP contribution in [0.4, 0.5) is 0 Å². The molecule has 0 aliphatic heterocycles. The maximum absolute atomic E-state index is 3.14. The lowest BCUT2D eigenvalue weighted by Crippen LogP contribution is -2.10. The molecule has 1 radical (unpaired) electrons. The van der Waals surface area contributed by atoms with Gasteiger partial charge < -0.3 is 4.57 Å². The topological polar surface area (TPSA) is 4.93 Å². The van der Waals surface area contributed by atoms with E-state index in [1.54, 1.807) is 0 Å². The van der Waals surface area contributed by atoms with Crippen LogP contribution in [-0.4, -0.2) is 4.57 Å². The van der Waals surface area contributed by atoms with Crippen LogP contribution in [0.1, 0.15) is 52.7 Å². The fraction of sp³-hybridized carbons (Fsp3) is 0.308. The van der Waals surface area contributed by atoms with E-state index in [0.717, 1.165) is 0 Å². The van der Waals surface area contributed by atoms with E-state index in [1.807, 2.05) is 12.1 Å². The Morgan fingerprint density at radius 1 is 0.630 bits per heavy atom. The monoisotopic (exact) mass is 354 g/mol. The quantitative estimate of drug-likeness (QED) is 0.341. The maximum Gasteiger partial charge on any atom is 0.0541 e. The molecule has 1 heteroatoms. The smallest absolute Gasteiger partial charge is 0.0541 e. The van der Waals surface area contributed by atoms with Gasteiger partial charge in [-0.2, -0.15) is 0 Å². The molecule has 3 aromatic carbocycles. The highest BCUT2D eigenvalue weighted by Gasteiger charge is 2.20. The van der Waals surface area contributed by atoms with Crippen molar-refractivity contribution in [3.8, 4) is 5.69 Å². The Kier molecular flexibility index (Phi) is 3.96. The minimum atomic E-state index is 0.131. The highest BCUT2D eigenvalue weighted by molar-refractivity contribution is 6.09. The summed E-state index contributed by atoms with van der Waals surface area (Å²) in [5, 5.41) is 2.66. The second kappa shape index (κ2) is 5.99. The third-order valence-corrected chi connectivity index (χ3v) is 5.46. The summed E-state index contributed by atoms with van der Waals surface area (Å²) in [5.41, 5.74) is 6.71. The second-order valence-electron chi connectivity index (χ2n) is 9.56. The van der Waals surface area contributed by atoms with Gasteiger partial charge in [0.05, 0.1) is 11.0 Å². The SMILES string of the molecule is CC(C)(C)c1ccc2c(c1)c1cc(C(C)(C)C)ccc1n2-c1cc[c]cc1. The second-order valence-corrected chi connectivity index (χ2v) is 9.56. The molecule has 0 fully saturated rings. The van der Waals surface area contributed by atoms with Gasteiger partial charge in [0.1, 0.15) is 0 Å². The molecule has 0 aliphatic rings. The Labute approximate surface area is 162 Å². The van der Waals surface area contributed by atoms with Crippen molar-refractivity contribution in [3.63, 3.8) is 0 Å². The van der Waals surface area contributed by atoms with Crippen molar-refractivity contribution in [3.05, 3.63) is 77.9 Å². The largest absolute Gasteiger partial charge is 0.309 e. The first-order chi connectivity index (χ1) is 12.7. The zero-order chi connectivity index (χ0) is 19.4. The normalized spacial score (nSPS) is 12.8. The van der Waals surface area contributed by atoms with E-state index in [9.17, 15) is 0 Å². The first-order valence-electron chi connectivity index (χ1n) is 9.72. The van der Waals surface area contributed by atoms with Crippen molar-refractivity contribution in [2.24, 2.45) is 0 Å². The van der Waals surface area contributed by atoms with E-state index >= 15 is 0 Å². The summed E-state index contributed by atoms with van der Waals surface area (Å²) in [4.78, 5) is 0. The van der Waals surface area contributed by atoms with Crippen molar-refractivity contribution >= 4 is 21.8 Å². The molecule has 0 saturated carbocycles. The van der Waals surface area contributed by atoms with Gasteiger partial charge in [-0.1, -0.05) is 65.8 Å². The molecule has 27 heavy (non-hydrogen) atoms. The van der Waals surface area contributed by atoms with Crippen molar-refractivity contribution in [1.29, 1.82) is 0 Å². The van der Waals surface area contributed by atoms with E-state index < -0.39 is 0 Å². The van der Waals surface area contributed by atoms with E-state index in [2.05, 4.69) is 101 Å². The summed E-state index contributed by atoms with van der Waals surface area (Å²) >= 11 is 0. The fourth-order valence-corrected chi connectivity index (χ4v) is 3.76. The van der Waals surface area contributed by atoms with E-state index in [-0.39, 0.29) is 10.8 Å². The molecule has 4 rings (SSSR count). The van der Waals surface area contributed by atoms with Crippen LogP contribution in [0.25, 0.3) is 27.5 Å². The van der Waals surface area contributed by atoms with Gasteiger partial charge in [-0.3, -0.25) is 0 Å². The summed E-state index contributed by atoms with van der Waals surface area (Å²) in [5.74, 6) is 0. The standard InChI is InChI=1S/C26H28N/c1-25(2,3)18-12-14-23-21(16-18)22-17-19(26(4,5)6)13-15-24(22)27(23)20-10-8-7-9-11-20/h8-17H,1-6H3. The number of nitrogens with zero attached hydrogens (tertiary/aromatic N) is 1. The van der Waals surface area contributed by atoms with E-state index in [4.69, 9.17) is 0 Å². The summed E-state index contributed by atoms with van der Waals surface area (Å²) in [6.07, 6.45) is 0. The average Bonchev–Trinajstić information content (AvgIpc) is 2.94. The highest BCUT2D eigenvalue weighted by Crippen LogP contribution is 2.37. The van der Waals surface area contributed by atoms with Crippen LogP contribution < -0.4 is 0 Å². The lowest BCUT2D eigenvalue weighted by Gasteiger charge is -2.19. The van der Waals surface area contributed by atoms with Gasteiger partial charge in [0.15, 0.2) is 0 Å². The number of fused-ring (bicyclic) bond motifs is 3. The molecule has 0 atom stereocenters. The minimum absolute atomic E-state index is 0.131. The molecule has 4 aromatic rings. The number of aromatic nitrogens is 1.